The van der Waals surface area contributed by atoms with E-state index in [-0.39, 0.29) is 11.9 Å². The van der Waals surface area contributed by atoms with E-state index in [0.29, 0.717) is 22.7 Å². The van der Waals surface area contributed by atoms with Crippen LogP contribution in [0.3, 0.4) is 0 Å². The van der Waals surface area contributed by atoms with Gasteiger partial charge in [0.2, 0.25) is 5.65 Å². The SMILES string of the molecule is CCn1cc2ncc(N[C@@H](C)c3cccc(NC(=O)c4cnc5ccn(C)c5c4)c3)nc2n1. The molecule has 166 valence electrons. The Morgan fingerprint density at radius 1 is 1.12 bits per heavy atom. The van der Waals surface area contributed by atoms with Crippen molar-refractivity contribution in [3.05, 3.63) is 72.3 Å². The molecule has 0 aliphatic rings. The van der Waals surface area contributed by atoms with E-state index >= 15 is 0 Å². The number of carbonyl (C=O) groups excluding carboxylic acids is 1. The Balaban J connectivity index is 1.31. The number of benzene rings is 1. The van der Waals surface area contributed by atoms with Gasteiger partial charge in [0.25, 0.3) is 5.91 Å². The van der Waals surface area contributed by atoms with Crippen LogP contribution in [-0.2, 0) is 13.6 Å². The molecule has 0 saturated carbocycles. The summed E-state index contributed by atoms with van der Waals surface area (Å²) in [5.74, 6) is 0.443. The molecule has 4 aromatic heterocycles. The first-order valence-electron chi connectivity index (χ1n) is 10.8. The molecular weight excluding hydrogens is 416 g/mol. The number of nitrogens with zero attached hydrogens (tertiary/aromatic N) is 6. The van der Waals surface area contributed by atoms with Crippen molar-refractivity contribution < 1.29 is 4.79 Å². The summed E-state index contributed by atoms with van der Waals surface area (Å²) in [5.41, 5.74) is 5.37. The molecular formula is C24H24N8O. The lowest BCUT2D eigenvalue weighted by Crippen LogP contribution is -2.13. The molecule has 9 nitrogen and oxygen atoms in total. The monoisotopic (exact) mass is 440 g/mol. The minimum atomic E-state index is -0.203. The Hall–Kier alpha value is -4.27. The Morgan fingerprint density at radius 2 is 1.97 bits per heavy atom. The number of nitrogens with one attached hydrogen (secondary N) is 2. The number of aromatic nitrogens is 6. The molecule has 1 aromatic carbocycles. The number of hydrogen-bond acceptors (Lipinski definition) is 6. The molecule has 0 saturated heterocycles. The molecule has 33 heavy (non-hydrogen) atoms. The number of pyridine rings is 1. The van der Waals surface area contributed by atoms with Gasteiger partial charge in [0.1, 0.15) is 11.3 Å². The van der Waals surface area contributed by atoms with Gasteiger partial charge >= 0.3 is 0 Å². The van der Waals surface area contributed by atoms with E-state index in [1.54, 1.807) is 12.4 Å². The first kappa shape index (κ1) is 20.6. The van der Waals surface area contributed by atoms with E-state index in [9.17, 15) is 4.79 Å². The molecule has 0 aliphatic carbocycles. The lowest BCUT2D eigenvalue weighted by Gasteiger charge is -2.16. The van der Waals surface area contributed by atoms with Gasteiger partial charge in [0, 0.05) is 31.7 Å². The lowest BCUT2D eigenvalue weighted by molar-refractivity contribution is 0.102. The van der Waals surface area contributed by atoms with Crippen LogP contribution in [0.15, 0.2) is 61.2 Å². The number of aryl methyl sites for hydroxylation is 2. The molecule has 0 fully saturated rings. The van der Waals surface area contributed by atoms with Crippen LogP contribution in [0.1, 0.15) is 35.8 Å². The molecule has 0 bridgehead atoms. The predicted molar refractivity (Wildman–Crippen MR) is 128 cm³/mol. The van der Waals surface area contributed by atoms with Crippen LogP contribution in [0, 0.1) is 0 Å². The third-order valence-electron chi connectivity index (χ3n) is 5.60. The first-order valence-corrected chi connectivity index (χ1v) is 10.8. The van der Waals surface area contributed by atoms with Crippen molar-refractivity contribution in [2.75, 3.05) is 10.6 Å². The maximum absolute atomic E-state index is 12.8. The Bertz CT molecular complexity index is 1470. The second kappa shape index (κ2) is 8.34. The number of anilines is 2. The van der Waals surface area contributed by atoms with Gasteiger partial charge in [-0.15, -0.1) is 0 Å². The first-order chi connectivity index (χ1) is 16.0. The van der Waals surface area contributed by atoms with E-state index in [0.717, 1.165) is 28.7 Å². The normalized spacial score (nSPS) is 12.2. The van der Waals surface area contributed by atoms with Gasteiger partial charge in [0.05, 0.1) is 35.0 Å². The smallest absolute Gasteiger partial charge is 0.257 e. The largest absolute Gasteiger partial charge is 0.362 e. The van der Waals surface area contributed by atoms with Crippen LogP contribution in [0.4, 0.5) is 11.5 Å². The number of hydrogen-bond donors (Lipinski definition) is 2. The van der Waals surface area contributed by atoms with Gasteiger partial charge in [0.15, 0.2) is 0 Å². The van der Waals surface area contributed by atoms with Gasteiger partial charge in [-0.1, -0.05) is 12.1 Å². The second-order valence-corrected chi connectivity index (χ2v) is 7.95. The minimum Gasteiger partial charge on any atom is -0.362 e. The Kier molecular flexibility index (Phi) is 5.21. The van der Waals surface area contributed by atoms with Crippen LogP contribution < -0.4 is 10.6 Å². The third-order valence-corrected chi connectivity index (χ3v) is 5.60. The summed E-state index contributed by atoms with van der Waals surface area (Å²) in [6.07, 6.45) is 7.11. The molecule has 0 radical (unpaired) electrons. The fourth-order valence-corrected chi connectivity index (χ4v) is 3.73. The highest BCUT2D eigenvalue weighted by atomic mass is 16.1. The summed E-state index contributed by atoms with van der Waals surface area (Å²) < 4.78 is 3.76. The zero-order chi connectivity index (χ0) is 22.9. The zero-order valence-corrected chi connectivity index (χ0v) is 18.6. The summed E-state index contributed by atoms with van der Waals surface area (Å²) in [6, 6.07) is 11.5. The summed E-state index contributed by atoms with van der Waals surface area (Å²) in [4.78, 5) is 26.2. The van der Waals surface area contributed by atoms with E-state index in [2.05, 4.69) is 30.7 Å². The number of rotatable bonds is 6. The van der Waals surface area contributed by atoms with E-state index in [1.807, 2.05) is 78.9 Å². The summed E-state index contributed by atoms with van der Waals surface area (Å²) >= 11 is 0. The average molecular weight is 441 g/mol. The van der Waals surface area contributed by atoms with Crippen molar-refractivity contribution in [2.24, 2.45) is 7.05 Å². The minimum absolute atomic E-state index is 0.0525. The predicted octanol–water partition coefficient (Wildman–Crippen LogP) is 4.16. The maximum atomic E-state index is 12.8. The summed E-state index contributed by atoms with van der Waals surface area (Å²) in [5, 5.41) is 10.8. The molecule has 0 unspecified atom stereocenters. The molecule has 5 aromatic rings. The van der Waals surface area contributed by atoms with Crippen molar-refractivity contribution in [1.29, 1.82) is 0 Å². The molecule has 0 spiro atoms. The summed E-state index contributed by atoms with van der Waals surface area (Å²) in [7, 11) is 1.93. The quantitative estimate of drug-likeness (QED) is 0.411. The van der Waals surface area contributed by atoms with E-state index < -0.39 is 0 Å². The van der Waals surface area contributed by atoms with Crippen molar-refractivity contribution in [3.63, 3.8) is 0 Å². The molecule has 1 atom stereocenters. The number of amides is 1. The topological polar surface area (TPSA) is 103 Å². The van der Waals surface area contributed by atoms with Crippen molar-refractivity contribution in [2.45, 2.75) is 26.4 Å². The molecule has 2 N–H and O–H groups in total. The maximum Gasteiger partial charge on any atom is 0.257 e. The van der Waals surface area contributed by atoms with Gasteiger partial charge < -0.3 is 15.2 Å². The third kappa shape index (κ3) is 4.12. The highest BCUT2D eigenvalue weighted by Crippen LogP contribution is 2.22. The summed E-state index contributed by atoms with van der Waals surface area (Å²) in [6.45, 7) is 4.82. The van der Waals surface area contributed by atoms with Gasteiger partial charge in [-0.2, -0.15) is 5.10 Å². The van der Waals surface area contributed by atoms with Crippen LogP contribution in [0.25, 0.3) is 22.2 Å². The highest BCUT2D eigenvalue weighted by molar-refractivity contribution is 6.05. The highest BCUT2D eigenvalue weighted by Gasteiger charge is 2.12. The van der Waals surface area contributed by atoms with Crippen LogP contribution in [-0.4, -0.2) is 35.2 Å². The standard InChI is InChI=1S/C24H24N8O/c1-4-32-14-20-23(30-32)29-22(13-26-20)27-15(2)16-6-5-7-18(10-16)28-24(33)17-11-21-19(25-12-17)8-9-31(21)3/h5-15H,4H2,1-3H3,(H,28,33)(H,27,29,30)/t15-/m0/s1. The molecule has 4 heterocycles. The van der Waals surface area contributed by atoms with Crippen LogP contribution in [0.2, 0.25) is 0 Å². The zero-order valence-electron chi connectivity index (χ0n) is 18.6. The van der Waals surface area contributed by atoms with Crippen molar-refractivity contribution in [3.8, 4) is 0 Å². The van der Waals surface area contributed by atoms with Gasteiger partial charge in [-0.25, -0.2) is 9.97 Å². The number of carbonyl (C=O) groups is 1. The fourth-order valence-electron chi connectivity index (χ4n) is 3.73. The Labute approximate surface area is 190 Å². The van der Waals surface area contributed by atoms with Crippen LogP contribution >= 0.6 is 0 Å². The van der Waals surface area contributed by atoms with Crippen molar-refractivity contribution in [1.82, 2.24) is 29.3 Å². The fraction of sp³-hybridized carbons (Fsp3) is 0.208. The van der Waals surface area contributed by atoms with Crippen LogP contribution in [0.5, 0.6) is 0 Å². The van der Waals surface area contributed by atoms with E-state index in [1.165, 1.54) is 0 Å². The molecule has 1 amide bonds. The van der Waals surface area contributed by atoms with Gasteiger partial charge in [-0.05, 0) is 43.7 Å². The lowest BCUT2D eigenvalue weighted by atomic mass is 10.1. The molecule has 9 heteroatoms. The molecule has 0 aliphatic heterocycles. The second-order valence-electron chi connectivity index (χ2n) is 7.95. The van der Waals surface area contributed by atoms with Gasteiger partial charge in [-0.3, -0.25) is 14.5 Å². The Morgan fingerprint density at radius 3 is 2.82 bits per heavy atom. The number of fused-ring (bicyclic) bond motifs is 2. The van der Waals surface area contributed by atoms with Crippen molar-refractivity contribution >= 4 is 39.6 Å². The average Bonchev–Trinajstić information content (AvgIpc) is 3.41. The van der Waals surface area contributed by atoms with E-state index in [4.69, 9.17) is 0 Å². The molecule has 5 rings (SSSR count).